The molecule has 266 valence electrons. The standard InChI is InChI=1S/C34H25F3N6O7S2/c1-18-14-19(10-12-25(18)40-42-27-15-21-6-2-4-8-23(21)32(30(27)38)51(44,45)46)20-11-13-26(29(17-20)50-34(35,36)37)41-43-28-16-22-7-3-5-9-24(22)33(31(28)39)52(47,48)49/h2-17H,38-39H2,1H3,(H,44,45,46)(H,47,48,49). The smallest absolute Gasteiger partial charge is 0.403 e. The Morgan fingerprint density at radius 1 is 0.596 bits per heavy atom. The third kappa shape index (κ3) is 7.40. The number of azo groups is 2. The third-order valence-corrected chi connectivity index (χ3v) is 9.71. The van der Waals surface area contributed by atoms with E-state index >= 15 is 0 Å². The number of fused-ring (bicyclic) bond motifs is 2. The number of alkyl halides is 3. The van der Waals surface area contributed by atoms with Gasteiger partial charge >= 0.3 is 6.36 Å². The van der Waals surface area contributed by atoms with Crippen molar-refractivity contribution in [1.29, 1.82) is 0 Å². The van der Waals surface area contributed by atoms with Crippen LogP contribution >= 0.6 is 0 Å². The normalized spacial score (nSPS) is 12.7. The van der Waals surface area contributed by atoms with Crippen molar-refractivity contribution in [3.05, 3.63) is 103 Å². The van der Waals surface area contributed by atoms with Crippen LogP contribution in [-0.2, 0) is 20.2 Å². The summed E-state index contributed by atoms with van der Waals surface area (Å²) < 4.78 is 113. The molecule has 0 spiro atoms. The Morgan fingerprint density at radius 2 is 1.02 bits per heavy atom. The van der Waals surface area contributed by atoms with E-state index in [-0.39, 0.29) is 39.1 Å². The number of halogens is 3. The number of benzene rings is 6. The molecule has 6 aromatic rings. The maximum atomic E-state index is 13.5. The van der Waals surface area contributed by atoms with Gasteiger partial charge in [-0.1, -0.05) is 60.7 Å². The minimum Gasteiger partial charge on any atom is -0.403 e. The third-order valence-electron chi connectivity index (χ3n) is 7.80. The summed E-state index contributed by atoms with van der Waals surface area (Å²) in [6.45, 7) is 1.66. The lowest BCUT2D eigenvalue weighted by Gasteiger charge is -2.13. The highest BCUT2D eigenvalue weighted by Crippen LogP contribution is 2.42. The summed E-state index contributed by atoms with van der Waals surface area (Å²) in [7, 11) is -9.54. The van der Waals surface area contributed by atoms with Gasteiger partial charge in [0.1, 0.15) is 26.9 Å². The molecule has 0 fully saturated rings. The van der Waals surface area contributed by atoms with Gasteiger partial charge in [-0.25, -0.2) is 0 Å². The van der Waals surface area contributed by atoms with Gasteiger partial charge in [0.2, 0.25) is 0 Å². The molecule has 0 radical (unpaired) electrons. The van der Waals surface area contributed by atoms with Crippen molar-refractivity contribution >= 4 is 75.9 Å². The zero-order valence-corrected chi connectivity index (χ0v) is 28.2. The molecule has 13 nitrogen and oxygen atoms in total. The predicted molar refractivity (Wildman–Crippen MR) is 188 cm³/mol. The second kappa shape index (κ2) is 13.3. The first kappa shape index (κ1) is 35.9. The van der Waals surface area contributed by atoms with Gasteiger partial charge in [-0.05, 0) is 70.8 Å². The van der Waals surface area contributed by atoms with Gasteiger partial charge in [0.15, 0.2) is 5.75 Å². The minimum atomic E-state index is -5.12. The molecular formula is C34H25F3N6O7S2. The fourth-order valence-corrected chi connectivity index (χ4v) is 7.19. The van der Waals surface area contributed by atoms with Gasteiger partial charge in [-0.15, -0.1) is 28.5 Å². The number of anilines is 2. The van der Waals surface area contributed by atoms with Crippen LogP contribution in [0.5, 0.6) is 5.75 Å². The van der Waals surface area contributed by atoms with Crippen LogP contribution in [0.1, 0.15) is 5.56 Å². The molecule has 6 aromatic carbocycles. The summed E-state index contributed by atoms with van der Waals surface area (Å²) in [6, 6.07) is 23.8. The molecule has 6 N–H and O–H groups in total. The van der Waals surface area contributed by atoms with Crippen LogP contribution in [-0.4, -0.2) is 32.3 Å². The van der Waals surface area contributed by atoms with Crippen molar-refractivity contribution in [2.45, 2.75) is 23.1 Å². The van der Waals surface area contributed by atoms with Crippen LogP contribution in [0.4, 0.5) is 47.3 Å². The van der Waals surface area contributed by atoms with Crippen LogP contribution < -0.4 is 16.2 Å². The van der Waals surface area contributed by atoms with Crippen molar-refractivity contribution < 1.29 is 43.8 Å². The summed E-state index contributed by atoms with van der Waals surface area (Å²) in [5.41, 5.74) is 12.3. The van der Waals surface area contributed by atoms with E-state index in [0.717, 1.165) is 6.07 Å². The van der Waals surface area contributed by atoms with Crippen LogP contribution in [0, 0.1) is 6.92 Å². The van der Waals surface area contributed by atoms with Crippen LogP contribution in [0.3, 0.4) is 0 Å². The van der Waals surface area contributed by atoms with Gasteiger partial charge in [0.05, 0.1) is 17.1 Å². The van der Waals surface area contributed by atoms with Gasteiger partial charge in [-0.2, -0.15) is 21.9 Å². The second-order valence-corrected chi connectivity index (χ2v) is 14.0. The molecule has 0 saturated heterocycles. The van der Waals surface area contributed by atoms with Gasteiger partial charge in [0, 0.05) is 10.8 Å². The molecule has 0 aromatic heterocycles. The van der Waals surface area contributed by atoms with Crippen molar-refractivity contribution in [1.82, 2.24) is 0 Å². The zero-order chi connectivity index (χ0) is 37.6. The average Bonchev–Trinajstić information content (AvgIpc) is 3.05. The van der Waals surface area contributed by atoms with Gasteiger partial charge < -0.3 is 16.2 Å². The Labute approximate surface area is 293 Å². The molecular weight excluding hydrogens is 726 g/mol. The number of aryl methyl sites for hydroxylation is 1. The lowest BCUT2D eigenvalue weighted by atomic mass is 10.0. The van der Waals surface area contributed by atoms with E-state index in [4.69, 9.17) is 11.5 Å². The van der Waals surface area contributed by atoms with Gasteiger partial charge in [-0.3, -0.25) is 9.11 Å². The maximum Gasteiger partial charge on any atom is 0.573 e. The van der Waals surface area contributed by atoms with Gasteiger partial charge in [0.25, 0.3) is 20.2 Å². The van der Waals surface area contributed by atoms with Crippen molar-refractivity contribution in [3.63, 3.8) is 0 Å². The first-order valence-electron chi connectivity index (χ1n) is 14.8. The molecule has 0 aliphatic carbocycles. The summed E-state index contributed by atoms with van der Waals surface area (Å²) in [4.78, 5) is -1.13. The number of nitrogens with zero attached hydrogens (tertiary/aromatic N) is 4. The summed E-state index contributed by atoms with van der Waals surface area (Å²) in [5, 5.41) is 17.2. The summed E-state index contributed by atoms with van der Waals surface area (Å²) >= 11 is 0. The largest absolute Gasteiger partial charge is 0.573 e. The number of nitrogen functional groups attached to an aromatic ring is 2. The first-order chi connectivity index (χ1) is 24.4. The Hall–Kier alpha value is -5.95. The lowest BCUT2D eigenvalue weighted by molar-refractivity contribution is -0.274. The average molecular weight is 751 g/mol. The maximum absolute atomic E-state index is 13.5. The highest BCUT2D eigenvalue weighted by atomic mass is 32.2. The summed E-state index contributed by atoms with van der Waals surface area (Å²) in [5.74, 6) is -0.731. The molecule has 0 amide bonds. The first-order valence-corrected chi connectivity index (χ1v) is 17.7. The Morgan fingerprint density at radius 3 is 1.48 bits per heavy atom. The molecule has 0 heterocycles. The zero-order valence-electron chi connectivity index (χ0n) is 26.6. The Kier molecular flexibility index (Phi) is 9.18. The van der Waals surface area contributed by atoms with E-state index in [1.807, 2.05) is 0 Å². The quantitative estimate of drug-likeness (QED) is 0.0660. The molecule has 0 bridgehead atoms. The monoisotopic (exact) mass is 750 g/mol. The Bertz CT molecular complexity index is 2700. The highest BCUT2D eigenvalue weighted by Gasteiger charge is 2.32. The van der Waals surface area contributed by atoms with Crippen LogP contribution in [0.15, 0.2) is 127 Å². The second-order valence-electron chi connectivity index (χ2n) is 11.3. The molecule has 52 heavy (non-hydrogen) atoms. The van der Waals surface area contributed by atoms with E-state index < -0.39 is 47.8 Å². The Balaban J connectivity index is 1.35. The van der Waals surface area contributed by atoms with Crippen molar-refractivity contribution in [3.8, 4) is 16.9 Å². The number of hydrogen-bond acceptors (Lipinski definition) is 11. The van der Waals surface area contributed by atoms with Crippen molar-refractivity contribution in [2.24, 2.45) is 20.5 Å². The number of nitrogens with two attached hydrogens (primary N) is 2. The van der Waals surface area contributed by atoms with E-state index in [1.165, 1.54) is 54.6 Å². The van der Waals surface area contributed by atoms with E-state index in [1.54, 1.807) is 43.3 Å². The molecule has 0 aliphatic rings. The molecule has 0 aliphatic heterocycles. The number of hydrogen-bond donors (Lipinski definition) is 4. The lowest BCUT2D eigenvalue weighted by Crippen LogP contribution is -2.17. The van der Waals surface area contributed by atoms with Crippen molar-refractivity contribution in [2.75, 3.05) is 11.5 Å². The molecule has 0 unspecified atom stereocenters. The predicted octanol–water partition coefficient (Wildman–Crippen LogP) is 9.36. The fourth-order valence-electron chi connectivity index (χ4n) is 5.50. The molecule has 6 rings (SSSR count). The number of rotatable bonds is 8. The van der Waals surface area contributed by atoms with E-state index in [9.17, 15) is 39.1 Å². The topological polar surface area (TPSA) is 219 Å². The van der Waals surface area contributed by atoms with Crippen LogP contribution in [0.25, 0.3) is 32.7 Å². The molecule has 0 atom stereocenters. The highest BCUT2D eigenvalue weighted by molar-refractivity contribution is 7.86. The number of ether oxygens (including phenoxy) is 1. The SMILES string of the molecule is Cc1cc(-c2ccc(N=Nc3cc4ccccc4c(S(=O)(=O)O)c3N)c(OC(F)(F)F)c2)ccc1N=Nc1cc2ccccc2c(S(=O)(=O)O)c1N. The van der Waals surface area contributed by atoms with E-state index in [0.29, 0.717) is 27.6 Å². The van der Waals surface area contributed by atoms with Crippen LogP contribution in [0.2, 0.25) is 0 Å². The fraction of sp³-hybridized carbons (Fsp3) is 0.0588. The van der Waals surface area contributed by atoms with E-state index in [2.05, 4.69) is 25.2 Å². The minimum absolute atomic E-state index is 0.0202. The summed E-state index contributed by atoms with van der Waals surface area (Å²) in [6.07, 6.45) is -5.12. The molecule has 18 heteroatoms. The molecule has 0 saturated carbocycles.